The fourth-order valence-electron chi connectivity index (χ4n) is 2.89. The lowest BCUT2D eigenvalue weighted by Gasteiger charge is -2.21. The number of halogens is 1. The van der Waals surface area contributed by atoms with Gasteiger partial charge >= 0.3 is 0 Å². The fourth-order valence-corrected chi connectivity index (χ4v) is 4.35. The minimum absolute atomic E-state index is 0.201. The molecule has 0 saturated heterocycles. The van der Waals surface area contributed by atoms with Crippen molar-refractivity contribution < 1.29 is 21.2 Å². The Kier molecular flexibility index (Phi) is 4.96. The number of nitrogens with zero attached hydrogens (tertiary/aromatic N) is 2. The predicted molar refractivity (Wildman–Crippen MR) is 102 cm³/mol. The molecule has 1 unspecified atom stereocenters. The first kappa shape index (κ1) is 19.3. The van der Waals surface area contributed by atoms with Crippen molar-refractivity contribution in [3.05, 3.63) is 65.5 Å². The third-order valence-electron chi connectivity index (χ3n) is 4.00. The summed E-state index contributed by atoms with van der Waals surface area (Å²) in [5.74, 6) is -0.500. The van der Waals surface area contributed by atoms with Gasteiger partial charge < -0.3 is 0 Å². The summed E-state index contributed by atoms with van der Waals surface area (Å²) < 4.78 is 64.3. The molecule has 10 heteroatoms. The van der Waals surface area contributed by atoms with Gasteiger partial charge in [-0.05, 0) is 23.8 Å². The maximum atomic E-state index is 14.2. The normalized spacial score (nSPS) is 17.7. The number of hydrogen-bond donors (Lipinski definition) is 1. The summed E-state index contributed by atoms with van der Waals surface area (Å²) in [6, 6.07) is 11.6. The molecule has 0 spiro atoms. The summed E-state index contributed by atoms with van der Waals surface area (Å²) in [5, 5.41) is 4.19. The fraction of sp³-hybridized carbons (Fsp3) is 0.235. The quantitative estimate of drug-likeness (QED) is 0.817. The molecular weight excluding hydrogens is 393 g/mol. The first-order valence-electron chi connectivity index (χ1n) is 7.94. The van der Waals surface area contributed by atoms with E-state index < -0.39 is 31.9 Å². The molecule has 2 aromatic carbocycles. The van der Waals surface area contributed by atoms with Crippen LogP contribution in [-0.4, -0.2) is 39.5 Å². The Morgan fingerprint density at radius 1 is 1.04 bits per heavy atom. The van der Waals surface area contributed by atoms with E-state index in [-0.39, 0.29) is 12.0 Å². The molecule has 27 heavy (non-hydrogen) atoms. The van der Waals surface area contributed by atoms with Crippen LogP contribution < -0.4 is 4.72 Å². The maximum absolute atomic E-state index is 14.2. The van der Waals surface area contributed by atoms with Crippen molar-refractivity contribution in [3.63, 3.8) is 0 Å². The van der Waals surface area contributed by atoms with Crippen LogP contribution in [0.1, 0.15) is 23.6 Å². The van der Waals surface area contributed by atoms with E-state index in [1.165, 1.54) is 18.2 Å². The molecule has 0 aliphatic carbocycles. The Labute approximate surface area is 157 Å². The Bertz CT molecular complexity index is 1100. The number of rotatable bonds is 5. The molecule has 3 rings (SSSR count). The van der Waals surface area contributed by atoms with E-state index in [0.29, 0.717) is 17.0 Å². The van der Waals surface area contributed by atoms with Gasteiger partial charge in [-0.15, -0.1) is 0 Å². The number of benzene rings is 2. The minimum atomic E-state index is -3.70. The molecule has 0 aromatic heterocycles. The number of hydrazone groups is 1. The zero-order chi connectivity index (χ0) is 19.8. The van der Waals surface area contributed by atoms with Crippen LogP contribution in [0, 0.1) is 5.82 Å². The molecule has 1 atom stereocenters. The van der Waals surface area contributed by atoms with Gasteiger partial charge in [0.05, 0.1) is 24.3 Å². The summed E-state index contributed by atoms with van der Waals surface area (Å²) in [6.07, 6.45) is 2.27. The van der Waals surface area contributed by atoms with E-state index >= 15 is 0 Å². The van der Waals surface area contributed by atoms with Gasteiger partial charge in [-0.25, -0.2) is 21.2 Å². The van der Waals surface area contributed by atoms with Gasteiger partial charge in [0.2, 0.25) is 20.0 Å². The second-order valence-electron chi connectivity index (χ2n) is 6.28. The monoisotopic (exact) mass is 411 g/mol. The van der Waals surface area contributed by atoms with Crippen LogP contribution in [0.5, 0.6) is 0 Å². The summed E-state index contributed by atoms with van der Waals surface area (Å²) >= 11 is 0. The highest BCUT2D eigenvalue weighted by Gasteiger charge is 2.35. The number of hydrogen-bond acceptors (Lipinski definition) is 5. The lowest BCUT2D eigenvalue weighted by atomic mass is 9.99. The summed E-state index contributed by atoms with van der Waals surface area (Å²) in [5.41, 5.74) is 1.73. The Morgan fingerprint density at radius 3 is 2.22 bits per heavy atom. The lowest BCUT2D eigenvalue weighted by molar-refractivity contribution is 0.365. The number of nitrogens with one attached hydrogen (secondary N) is 1. The molecule has 1 aliphatic heterocycles. The van der Waals surface area contributed by atoms with Crippen molar-refractivity contribution in [3.8, 4) is 0 Å². The van der Waals surface area contributed by atoms with Gasteiger partial charge in [-0.1, -0.05) is 30.3 Å². The van der Waals surface area contributed by atoms with Crippen molar-refractivity contribution in [2.45, 2.75) is 12.5 Å². The van der Waals surface area contributed by atoms with Crippen LogP contribution in [-0.2, 0) is 20.0 Å². The van der Waals surface area contributed by atoms with E-state index in [1.807, 2.05) is 0 Å². The molecule has 0 bridgehead atoms. The van der Waals surface area contributed by atoms with Crippen molar-refractivity contribution in [2.75, 3.05) is 17.2 Å². The van der Waals surface area contributed by atoms with Gasteiger partial charge in [-0.3, -0.25) is 4.72 Å². The summed E-state index contributed by atoms with van der Waals surface area (Å²) in [6.45, 7) is 0. The molecular formula is C17H18FN3O4S2. The molecule has 0 amide bonds. The highest BCUT2D eigenvalue weighted by Crippen LogP contribution is 2.35. The Morgan fingerprint density at radius 2 is 1.67 bits per heavy atom. The van der Waals surface area contributed by atoms with Gasteiger partial charge in [0.25, 0.3) is 0 Å². The van der Waals surface area contributed by atoms with E-state index in [1.54, 1.807) is 30.3 Å². The van der Waals surface area contributed by atoms with E-state index in [0.717, 1.165) is 16.9 Å². The third-order valence-corrected chi connectivity index (χ3v) is 5.62. The zero-order valence-electron chi connectivity index (χ0n) is 14.6. The van der Waals surface area contributed by atoms with Gasteiger partial charge in [0, 0.05) is 17.7 Å². The highest BCUT2D eigenvalue weighted by atomic mass is 32.2. The van der Waals surface area contributed by atoms with Crippen LogP contribution in [0.3, 0.4) is 0 Å². The lowest BCUT2D eigenvalue weighted by Crippen LogP contribution is -2.26. The third kappa shape index (κ3) is 4.45. The molecule has 7 nitrogen and oxygen atoms in total. The maximum Gasteiger partial charge on any atom is 0.247 e. The molecule has 0 saturated carbocycles. The summed E-state index contributed by atoms with van der Waals surface area (Å²) in [4.78, 5) is 0. The molecule has 144 valence electrons. The topological polar surface area (TPSA) is 95.9 Å². The van der Waals surface area contributed by atoms with Crippen LogP contribution in [0.15, 0.2) is 53.6 Å². The number of sulfonamides is 2. The van der Waals surface area contributed by atoms with E-state index in [2.05, 4.69) is 9.82 Å². The standard InChI is InChI=1S/C17H18FN3O4S2/c1-26(22,23)20-13-9-7-12(8-10-13)16-11-17(21(19-16)27(2,24)25)14-5-3-4-6-15(14)18/h3-10,17,20H,11H2,1-2H3. The van der Waals surface area contributed by atoms with Crippen molar-refractivity contribution in [1.29, 1.82) is 0 Å². The molecule has 0 radical (unpaired) electrons. The van der Waals surface area contributed by atoms with Crippen LogP contribution in [0.2, 0.25) is 0 Å². The largest absolute Gasteiger partial charge is 0.284 e. The number of anilines is 1. The SMILES string of the molecule is CS(=O)(=O)Nc1ccc(C2=NN(S(C)(=O)=O)C(c3ccccc3F)C2)cc1. The average Bonchev–Trinajstić information content (AvgIpc) is 3.00. The van der Waals surface area contributed by atoms with E-state index in [4.69, 9.17) is 0 Å². The van der Waals surface area contributed by atoms with E-state index in [9.17, 15) is 21.2 Å². The molecule has 0 fully saturated rings. The first-order chi connectivity index (χ1) is 12.5. The second kappa shape index (κ2) is 6.93. The van der Waals surface area contributed by atoms with Crippen LogP contribution in [0.25, 0.3) is 0 Å². The summed E-state index contributed by atoms with van der Waals surface area (Å²) in [7, 11) is -7.10. The second-order valence-corrected chi connectivity index (χ2v) is 9.86. The smallest absolute Gasteiger partial charge is 0.247 e. The van der Waals surface area contributed by atoms with Crippen molar-refractivity contribution in [1.82, 2.24) is 4.41 Å². The van der Waals surface area contributed by atoms with Gasteiger partial charge in [-0.2, -0.15) is 9.52 Å². The van der Waals surface area contributed by atoms with Gasteiger partial charge in [0.1, 0.15) is 5.82 Å². The minimum Gasteiger partial charge on any atom is -0.284 e. The van der Waals surface area contributed by atoms with Crippen molar-refractivity contribution >= 4 is 31.4 Å². The van der Waals surface area contributed by atoms with Crippen LogP contribution in [0.4, 0.5) is 10.1 Å². The van der Waals surface area contributed by atoms with Gasteiger partial charge in [0.15, 0.2) is 0 Å². The Balaban J connectivity index is 1.94. The predicted octanol–water partition coefficient (Wildman–Crippen LogP) is 2.31. The van der Waals surface area contributed by atoms with Crippen molar-refractivity contribution in [2.24, 2.45) is 5.10 Å². The molecule has 1 N–H and O–H groups in total. The first-order valence-corrected chi connectivity index (χ1v) is 11.7. The zero-order valence-corrected chi connectivity index (χ0v) is 16.3. The Hall–Kier alpha value is -2.46. The van der Waals surface area contributed by atoms with Crippen LogP contribution >= 0.6 is 0 Å². The highest BCUT2D eigenvalue weighted by molar-refractivity contribution is 7.92. The molecule has 1 heterocycles. The molecule has 2 aromatic rings. The molecule has 1 aliphatic rings. The average molecular weight is 411 g/mol.